The third-order valence-corrected chi connectivity index (χ3v) is 4.45. The number of hydrogen-bond donors (Lipinski definition) is 1. The van der Waals surface area contributed by atoms with Gasteiger partial charge < -0.3 is 19.5 Å². The molecule has 0 atom stereocenters. The number of piperidine rings is 1. The van der Waals surface area contributed by atoms with Crippen LogP contribution in [0.1, 0.15) is 41.4 Å². The van der Waals surface area contributed by atoms with Crippen LogP contribution in [0, 0.1) is 13.8 Å². The molecule has 1 N–H and O–H groups in total. The quantitative estimate of drug-likeness (QED) is 0.904. The molecule has 2 heterocycles. The van der Waals surface area contributed by atoms with Gasteiger partial charge in [-0.25, -0.2) is 4.79 Å². The van der Waals surface area contributed by atoms with Gasteiger partial charge >= 0.3 is 6.09 Å². The Kier molecular flexibility index (Phi) is 5.64. The summed E-state index contributed by atoms with van der Waals surface area (Å²) in [4.78, 5) is 38.2. The van der Waals surface area contributed by atoms with E-state index in [0.717, 1.165) is 5.69 Å². The Hall–Kier alpha value is -2.31. The lowest BCUT2D eigenvalue weighted by molar-refractivity contribution is 0.0858. The van der Waals surface area contributed by atoms with Crippen molar-refractivity contribution in [1.29, 1.82) is 0 Å². The van der Waals surface area contributed by atoms with Crippen LogP contribution < -0.4 is 10.9 Å². The van der Waals surface area contributed by atoms with Crippen LogP contribution in [0.4, 0.5) is 4.79 Å². The molecule has 0 aliphatic carbocycles. The molecule has 1 saturated heterocycles. The van der Waals surface area contributed by atoms with E-state index in [1.54, 1.807) is 25.8 Å². The summed E-state index contributed by atoms with van der Waals surface area (Å²) in [7, 11) is 1.66. The van der Waals surface area contributed by atoms with Crippen molar-refractivity contribution < 1.29 is 14.3 Å². The fourth-order valence-electron chi connectivity index (χ4n) is 2.93. The molecule has 1 aromatic heterocycles. The fourth-order valence-corrected chi connectivity index (χ4v) is 2.93. The molecule has 1 aromatic rings. The maximum atomic E-state index is 12.5. The summed E-state index contributed by atoms with van der Waals surface area (Å²) in [5, 5.41) is 2.92. The van der Waals surface area contributed by atoms with Crippen molar-refractivity contribution in [3.63, 3.8) is 0 Å². The number of aryl methyl sites for hydroxylation is 2. The lowest BCUT2D eigenvalue weighted by atomic mass is 10.0. The normalized spacial score (nSPS) is 15.2. The van der Waals surface area contributed by atoms with Crippen LogP contribution in [-0.4, -0.2) is 47.2 Å². The Labute approximate surface area is 141 Å². The maximum absolute atomic E-state index is 12.5. The summed E-state index contributed by atoms with van der Waals surface area (Å²) in [6.07, 6.45) is 0.983. The summed E-state index contributed by atoms with van der Waals surface area (Å²) >= 11 is 0. The Morgan fingerprint density at radius 2 is 1.92 bits per heavy atom. The monoisotopic (exact) mass is 335 g/mol. The zero-order valence-corrected chi connectivity index (χ0v) is 14.7. The van der Waals surface area contributed by atoms with Crippen LogP contribution in [0.25, 0.3) is 0 Å². The zero-order chi connectivity index (χ0) is 17.9. The summed E-state index contributed by atoms with van der Waals surface area (Å²) in [5.74, 6) is -0.345. The van der Waals surface area contributed by atoms with E-state index in [4.69, 9.17) is 4.74 Å². The molecule has 0 unspecified atom stereocenters. The molecule has 0 saturated carbocycles. The average molecular weight is 335 g/mol. The second kappa shape index (κ2) is 7.51. The molecule has 1 aliphatic heterocycles. The first-order valence-corrected chi connectivity index (χ1v) is 8.25. The van der Waals surface area contributed by atoms with Crippen molar-refractivity contribution in [3.8, 4) is 0 Å². The number of ether oxygens (including phenoxy) is 1. The van der Waals surface area contributed by atoms with Gasteiger partial charge in [0.05, 0.1) is 6.61 Å². The van der Waals surface area contributed by atoms with Gasteiger partial charge in [0.1, 0.15) is 5.56 Å². The minimum Gasteiger partial charge on any atom is -0.450 e. The van der Waals surface area contributed by atoms with E-state index in [2.05, 4.69) is 5.32 Å². The molecule has 1 fully saturated rings. The lowest BCUT2D eigenvalue weighted by Crippen LogP contribution is -2.47. The molecule has 0 spiro atoms. The Morgan fingerprint density at radius 3 is 2.50 bits per heavy atom. The van der Waals surface area contributed by atoms with Crippen molar-refractivity contribution >= 4 is 12.0 Å². The van der Waals surface area contributed by atoms with E-state index >= 15 is 0 Å². The molecule has 7 heteroatoms. The highest BCUT2D eigenvalue weighted by Gasteiger charge is 2.26. The number of hydrogen-bond acceptors (Lipinski definition) is 4. The Bertz CT molecular complexity index is 688. The fraction of sp³-hybridized carbons (Fsp3) is 0.588. The van der Waals surface area contributed by atoms with Gasteiger partial charge in [-0.1, -0.05) is 0 Å². The molecule has 2 amide bonds. The van der Waals surface area contributed by atoms with Crippen molar-refractivity contribution in [2.24, 2.45) is 7.05 Å². The molecule has 132 valence electrons. The summed E-state index contributed by atoms with van der Waals surface area (Å²) < 4.78 is 6.46. The minimum atomic E-state index is -0.345. The van der Waals surface area contributed by atoms with Crippen LogP contribution in [0.2, 0.25) is 0 Å². The van der Waals surface area contributed by atoms with E-state index in [1.807, 2.05) is 13.0 Å². The molecule has 2 rings (SSSR count). The third-order valence-electron chi connectivity index (χ3n) is 4.45. The van der Waals surface area contributed by atoms with Gasteiger partial charge in [-0.05, 0) is 45.2 Å². The van der Waals surface area contributed by atoms with Crippen LogP contribution in [0.3, 0.4) is 0 Å². The zero-order valence-electron chi connectivity index (χ0n) is 14.7. The summed E-state index contributed by atoms with van der Waals surface area (Å²) in [5.41, 5.74) is 1.40. The van der Waals surface area contributed by atoms with Crippen LogP contribution in [0.15, 0.2) is 10.9 Å². The van der Waals surface area contributed by atoms with E-state index in [1.165, 1.54) is 4.57 Å². The molecule has 1 aliphatic rings. The first kappa shape index (κ1) is 18.0. The third kappa shape index (κ3) is 3.77. The number of pyridine rings is 1. The lowest BCUT2D eigenvalue weighted by Gasteiger charge is -2.31. The topological polar surface area (TPSA) is 80.6 Å². The molecule has 0 bridgehead atoms. The molecular weight excluding hydrogens is 310 g/mol. The van der Waals surface area contributed by atoms with E-state index in [-0.39, 0.29) is 29.2 Å². The van der Waals surface area contributed by atoms with Crippen molar-refractivity contribution in [2.75, 3.05) is 19.7 Å². The van der Waals surface area contributed by atoms with Gasteiger partial charge in [-0.2, -0.15) is 0 Å². The summed E-state index contributed by atoms with van der Waals surface area (Å²) in [6.45, 7) is 6.80. The molecule has 24 heavy (non-hydrogen) atoms. The minimum absolute atomic E-state index is 0.0476. The highest BCUT2D eigenvalue weighted by atomic mass is 16.6. The number of aromatic nitrogens is 1. The SMILES string of the molecule is CCOC(=O)N1CCC(NC(=O)c2c(C)cc(C)n(C)c2=O)CC1. The number of nitrogens with one attached hydrogen (secondary N) is 1. The number of carbonyl (C=O) groups excluding carboxylic acids is 2. The number of likely N-dealkylation sites (tertiary alicyclic amines) is 1. The van der Waals surface area contributed by atoms with E-state index in [0.29, 0.717) is 38.1 Å². The van der Waals surface area contributed by atoms with Crippen molar-refractivity contribution in [2.45, 2.75) is 39.7 Å². The van der Waals surface area contributed by atoms with Gasteiger partial charge in [0, 0.05) is 31.9 Å². The Balaban J connectivity index is 2.01. The van der Waals surface area contributed by atoms with Crippen LogP contribution in [0.5, 0.6) is 0 Å². The van der Waals surface area contributed by atoms with Gasteiger partial charge in [0.15, 0.2) is 0 Å². The largest absolute Gasteiger partial charge is 0.450 e. The standard InChI is InChI=1S/C17H25N3O4/c1-5-24-17(23)20-8-6-13(7-9-20)18-15(21)14-11(2)10-12(3)19(4)16(14)22/h10,13H,5-9H2,1-4H3,(H,18,21). The van der Waals surface area contributed by atoms with Crippen LogP contribution in [-0.2, 0) is 11.8 Å². The second-order valence-corrected chi connectivity index (χ2v) is 6.14. The van der Waals surface area contributed by atoms with Crippen molar-refractivity contribution in [3.05, 3.63) is 33.2 Å². The van der Waals surface area contributed by atoms with Crippen LogP contribution >= 0.6 is 0 Å². The van der Waals surface area contributed by atoms with Gasteiger partial charge in [0.2, 0.25) is 0 Å². The van der Waals surface area contributed by atoms with Crippen molar-refractivity contribution in [1.82, 2.24) is 14.8 Å². The van der Waals surface area contributed by atoms with Gasteiger partial charge in [-0.3, -0.25) is 9.59 Å². The smallest absolute Gasteiger partial charge is 0.409 e. The van der Waals surface area contributed by atoms with E-state index < -0.39 is 0 Å². The highest BCUT2D eigenvalue weighted by Crippen LogP contribution is 2.13. The second-order valence-electron chi connectivity index (χ2n) is 6.14. The molecule has 0 radical (unpaired) electrons. The van der Waals surface area contributed by atoms with Gasteiger partial charge in [-0.15, -0.1) is 0 Å². The molecule has 7 nitrogen and oxygen atoms in total. The number of carbonyl (C=O) groups is 2. The predicted molar refractivity (Wildman–Crippen MR) is 90.2 cm³/mol. The van der Waals surface area contributed by atoms with E-state index in [9.17, 15) is 14.4 Å². The number of rotatable bonds is 3. The first-order chi connectivity index (χ1) is 11.3. The summed E-state index contributed by atoms with van der Waals surface area (Å²) in [6, 6.07) is 1.79. The number of amides is 2. The number of nitrogens with zero attached hydrogens (tertiary/aromatic N) is 2. The highest BCUT2D eigenvalue weighted by molar-refractivity contribution is 5.95. The predicted octanol–water partition coefficient (Wildman–Crippen LogP) is 1.35. The molecule has 0 aromatic carbocycles. The molecular formula is C17H25N3O4. The van der Waals surface area contributed by atoms with Gasteiger partial charge in [0.25, 0.3) is 11.5 Å². The average Bonchev–Trinajstić information content (AvgIpc) is 2.53. The Morgan fingerprint density at radius 1 is 1.29 bits per heavy atom. The first-order valence-electron chi connectivity index (χ1n) is 8.25. The maximum Gasteiger partial charge on any atom is 0.409 e.